The topological polar surface area (TPSA) is 94.1 Å². The van der Waals surface area contributed by atoms with Crippen LogP contribution in [0.25, 0.3) is 6.08 Å². The van der Waals surface area contributed by atoms with E-state index in [0.717, 1.165) is 0 Å². The Morgan fingerprint density at radius 3 is 2.79 bits per heavy atom. The van der Waals surface area contributed by atoms with Crippen LogP contribution in [-0.2, 0) is 9.59 Å². The minimum Gasteiger partial charge on any atom is -0.493 e. The Labute approximate surface area is 140 Å². The third-order valence-corrected chi connectivity index (χ3v) is 3.47. The van der Waals surface area contributed by atoms with Crippen LogP contribution in [0.3, 0.4) is 0 Å². The molecule has 0 saturated heterocycles. The number of fused-ring (bicyclic) bond motifs is 1. The highest BCUT2D eigenvalue weighted by molar-refractivity contribution is 5.94. The number of rotatable bonds is 7. The molecule has 24 heavy (non-hydrogen) atoms. The molecule has 1 aliphatic heterocycles. The number of aliphatic carboxylic acids is 1. The summed E-state index contributed by atoms with van der Waals surface area (Å²) in [6, 6.07) is 2.57. The van der Waals surface area contributed by atoms with Gasteiger partial charge in [0.2, 0.25) is 11.7 Å². The van der Waals surface area contributed by atoms with Gasteiger partial charge in [0.05, 0.1) is 7.11 Å². The van der Waals surface area contributed by atoms with Crippen molar-refractivity contribution in [1.29, 1.82) is 0 Å². The first-order valence-corrected chi connectivity index (χ1v) is 7.74. The number of hydrogen-bond donors (Lipinski definition) is 2. The highest BCUT2D eigenvalue weighted by atomic mass is 16.6. The standard InChI is InChI=1S/C17H21NO6/c1-3-4-12(17(20)21)18-15(19)6-5-11-9-13(22-2)16-14(10-11)23-7-8-24-16/h5-6,9-10,12H,3-4,7-8H2,1-2H3,(H,18,19)(H,20,21)/b6-5+. The van der Waals surface area contributed by atoms with Crippen molar-refractivity contribution in [3.63, 3.8) is 0 Å². The number of carboxylic acids is 1. The Kier molecular flexibility index (Phi) is 6.06. The third-order valence-electron chi connectivity index (χ3n) is 3.47. The van der Waals surface area contributed by atoms with Crippen LogP contribution in [0.15, 0.2) is 18.2 Å². The molecule has 1 aromatic rings. The van der Waals surface area contributed by atoms with Gasteiger partial charge in [0.25, 0.3) is 0 Å². The van der Waals surface area contributed by atoms with Gasteiger partial charge in [-0.3, -0.25) is 4.79 Å². The molecule has 7 heteroatoms. The average Bonchev–Trinajstić information content (AvgIpc) is 2.58. The van der Waals surface area contributed by atoms with Crippen LogP contribution in [0.4, 0.5) is 0 Å². The van der Waals surface area contributed by atoms with E-state index in [1.165, 1.54) is 13.2 Å². The zero-order valence-corrected chi connectivity index (χ0v) is 13.7. The zero-order valence-electron chi connectivity index (χ0n) is 13.7. The van der Waals surface area contributed by atoms with Crippen molar-refractivity contribution in [3.05, 3.63) is 23.8 Å². The van der Waals surface area contributed by atoms with Crippen LogP contribution in [0.5, 0.6) is 17.2 Å². The van der Waals surface area contributed by atoms with Crippen LogP contribution in [0.2, 0.25) is 0 Å². The van der Waals surface area contributed by atoms with Crippen molar-refractivity contribution >= 4 is 18.0 Å². The number of amides is 1. The van der Waals surface area contributed by atoms with Crippen LogP contribution in [0, 0.1) is 0 Å². The molecule has 1 amide bonds. The molecule has 0 aromatic heterocycles. The molecule has 1 aromatic carbocycles. The Hall–Kier alpha value is -2.70. The van der Waals surface area contributed by atoms with Crippen LogP contribution >= 0.6 is 0 Å². The van der Waals surface area contributed by atoms with Gasteiger partial charge >= 0.3 is 5.97 Å². The number of nitrogens with one attached hydrogen (secondary N) is 1. The summed E-state index contributed by atoms with van der Waals surface area (Å²) in [5.41, 5.74) is 0.689. The van der Waals surface area contributed by atoms with Crippen LogP contribution < -0.4 is 19.5 Å². The van der Waals surface area contributed by atoms with Gasteiger partial charge in [-0.15, -0.1) is 0 Å². The molecule has 0 saturated carbocycles. The smallest absolute Gasteiger partial charge is 0.326 e. The summed E-state index contributed by atoms with van der Waals surface area (Å²) in [4.78, 5) is 23.0. The maximum atomic E-state index is 11.9. The van der Waals surface area contributed by atoms with Crippen molar-refractivity contribution in [2.45, 2.75) is 25.8 Å². The number of carboxylic acid groups (broad SMARTS) is 1. The fraction of sp³-hybridized carbons (Fsp3) is 0.412. The molecule has 2 N–H and O–H groups in total. The summed E-state index contributed by atoms with van der Waals surface area (Å²) in [5, 5.41) is 11.5. The van der Waals surface area contributed by atoms with E-state index in [1.54, 1.807) is 18.2 Å². The minimum atomic E-state index is -1.04. The van der Waals surface area contributed by atoms with Gasteiger partial charge < -0.3 is 24.6 Å². The van der Waals surface area contributed by atoms with Crippen LogP contribution in [0.1, 0.15) is 25.3 Å². The molecule has 2 rings (SSSR count). The molecule has 1 unspecified atom stereocenters. The lowest BCUT2D eigenvalue weighted by Gasteiger charge is -2.21. The number of benzene rings is 1. The lowest BCUT2D eigenvalue weighted by molar-refractivity contribution is -0.141. The fourth-order valence-electron chi connectivity index (χ4n) is 2.33. The summed E-state index contributed by atoms with van der Waals surface area (Å²) in [5.74, 6) is 0.0975. The number of hydrogen-bond acceptors (Lipinski definition) is 5. The molecule has 1 aliphatic rings. The summed E-state index contributed by atoms with van der Waals surface area (Å²) in [6.45, 7) is 2.76. The Bertz CT molecular complexity index is 623. The molecule has 1 heterocycles. The van der Waals surface area contributed by atoms with Crippen LogP contribution in [-0.4, -0.2) is 43.3 Å². The number of carbonyl (C=O) groups excluding carboxylic acids is 1. The molecule has 0 aliphatic carbocycles. The van der Waals surface area contributed by atoms with E-state index >= 15 is 0 Å². The third kappa shape index (κ3) is 4.41. The van der Waals surface area contributed by atoms with E-state index in [9.17, 15) is 9.59 Å². The van der Waals surface area contributed by atoms with Crippen molar-refractivity contribution in [1.82, 2.24) is 5.32 Å². The van der Waals surface area contributed by atoms with E-state index in [-0.39, 0.29) is 0 Å². The van der Waals surface area contributed by atoms with E-state index in [2.05, 4.69) is 5.32 Å². The van der Waals surface area contributed by atoms with Crippen molar-refractivity contribution in [3.8, 4) is 17.2 Å². The number of ether oxygens (including phenoxy) is 3. The van der Waals surface area contributed by atoms with Gasteiger partial charge in [-0.1, -0.05) is 13.3 Å². The second-order valence-corrected chi connectivity index (χ2v) is 5.27. The quantitative estimate of drug-likeness (QED) is 0.739. The average molecular weight is 335 g/mol. The molecule has 0 spiro atoms. The highest BCUT2D eigenvalue weighted by Gasteiger charge is 2.19. The summed E-state index contributed by atoms with van der Waals surface area (Å²) in [7, 11) is 1.52. The Morgan fingerprint density at radius 2 is 2.12 bits per heavy atom. The molecule has 7 nitrogen and oxygen atoms in total. The first-order chi connectivity index (χ1) is 11.5. The number of methoxy groups -OCH3 is 1. The maximum Gasteiger partial charge on any atom is 0.326 e. The van der Waals surface area contributed by atoms with Gasteiger partial charge in [0.15, 0.2) is 11.5 Å². The van der Waals surface area contributed by atoms with E-state index < -0.39 is 17.9 Å². The Balaban J connectivity index is 2.10. The van der Waals surface area contributed by atoms with Crippen molar-refractivity contribution < 1.29 is 28.9 Å². The van der Waals surface area contributed by atoms with Crippen molar-refractivity contribution in [2.24, 2.45) is 0 Å². The van der Waals surface area contributed by atoms with Gasteiger partial charge in [-0.25, -0.2) is 4.79 Å². The zero-order chi connectivity index (χ0) is 17.5. The van der Waals surface area contributed by atoms with Gasteiger partial charge in [-0.05, 0) is 30.2 Å². The molecular weight excluding hydrogens is 314 g/mol. The number of carbonyl (C=O) groups is 2. The molecule has 1 atom stereocenters. The van der Waals surface area contributed by atoms with E-state index in [0.29, 0.717) is 48.9 Å². The predicted molar refractivity (Wildman–Crippen MR) is 87.5 cm³/mol. The maximum absolute atomic E-state index is 11.9. The Morgan fingerprint density at radius 1 is 1.38 bits per heavy atom. The predicted octanol–water partition coefficient (Wildman–Crippen LogP) is 1.85. The highest BCUT2D eigenvalue weighted by Crippen LogP contribution is 2.40. The molecule has 130 valence electrons. The second kappa shape index (κ2) is 8.24. The normalized spacial score (nSPS) is 14.2. The van der Waals surface area contributed by atoms with E-state index in [4.69, 9.17) is 19.3 Å². The summed E-state index contributed by atoms with van der Waals surface area (Å²) >= 11 is 0. The van der Waals surface area contributed by atoms with Crippen molar-refractivity contribution in [2.75, 3.05) is 20.3 Å². The molecule has 0 fully saturated rings. The second-order valence-electron chi connectivity index (χ2n) is 5.27. The van der Waals surface area contributed by atoms with E-state index in [1.807, 2.05) is 6.92 Å². The fourth-order valence-corrected chi connectivity index (χ4v) is 2.33. The molecular formula is C17H21NO6. The largest absolute Gasteiger partial charge is 0.493 e. The molecule has 0 bridgehead atoms. The minimum absolute atomic E-state index is 0.382. The lowest BCUT2D eigenvalue weighted by Crippen LogP contribution is -2.39. The lowest BCUT2D eigenvalue weighted by atomic mass is 10.1. The first-order valence-electron chi connectivity index (χ1n) is 7.74. The van der Waals surface area contributed by atoms with Gasteiger partial charge in [-0.2, -0.15) is 0 Å². The SMILES string of the molecule is CCCC(NC(=O)/C=C/c1cc(OC)c2c(c1)OCCO2)C(=O)O. The van der Waals surface area contributed by atoms with Gasteiger partial charge in [0.1, 0.15) is 19.3 Å². The van der Waals surface area contributed by atoms with Gasteiger partial charge in [0, 0.05) is 6.08 Å². The summed E-state index contributed by atoms with van der Waals surface area (Å²) in [6.07, 6.45) is 3.91. The monoisotopic (exact) mass is 335 g/mol. The summed E-state index contributed by atoms with van der Waals surface area (Å²) < 4.78 is 16.3. The first kappa shape index (κ1) is 17.7. The molecule has 0 radical (unpaired) electrons.